The second kappa shape index (κ2) is 6.88. The molecule has 2 amide bonds. The SMILES string of the molecule is C/C(=N\NC(=O)C(N)=O)c1ccc(S(=O)(=O)N2CCCC2)cc1. The van der Waals surface area contributed by atoms with E-state index in [2.05, 4.69) is 5.10 Å². The van der Waals surface area contributed by atoms with Crippen LogP contribution >= 0.6 is 0 Å². The van der Waals surface area contributed by atoms with E-state index in [0.717, 1.165) is 12.8 Å². The number of amides is 2. The van der Waals surface area contributed by atoms with E-state index in [9.17, 15) is 18.0 Å². The number of rotatable bonds is 4. The summed E-state index contributed by atoms with van der Waals surface area (Å²) >= 11 is 0. The average molecular weight is 338 g/mol. The van der Waals surface area contributed by atoms with Crippen molar-refractivity contribution in [2.24, 2.45) is 10.8 Å². The number of carbonyl (C=O) groups is 2. The molecule has 2 rings (SSSR count). The van der Waals surface area contributed by atoms with Gasteiger partial charge in [0, 0.05) is 13.1 Å². The first kappa shape index (κ1) is 17.1. The van der Waals surface area contributed by atoms with Crippen LogP contribution in [0.1, 0.15) is 25.3 Å². The fourth-order valence-electron chi connectivity index (χ4n) is 2.20. The summed E-state index contributed by atoms with van der Waals surface area (Å²) in [6.45, 7) is 2.71. The molecular formula is C14H18N4O4S. The molecule has 1 aromatic carbocycles. The van der Waals surface area contributed by atoms with Gasteiger partial charge >= 0.3 is 11.8 Å². The minimum Gasteiger partial charge on any atom is -0.361 e. The van der Waals surface area contributed by atoms with Crippen LogP contribution in [0, 0.1) is 0 Å². The van der Waals surface area contributed by atoms with Gasteiger partial charge in [-0.05, 0) is 37.5 Å². The van der Waals surface area contributed by atoms with Gasteiger partial charge in [0.1, 0.15) is 0 Å². The minimum atomic E-state index is -3.46. The lowest BCUT2D eigenvalue weighted by atomic mass is 10.1. The molecule has 0 saturated carbocycles. The number of nitrogens with zero attached hydrogens (tertiary/aromatic N) is 2. The standard InChI is InChI=1S/C14H18N4O4S/c1-10(16-17-14(20)13(15)19)11-4-6-12(7-5-11)23(21,22)18-8-2-3-9-18/h4-7H,2-3,8-9H2,1H3,(H2,15,19)(H,17,20)/b16-10+. The van der Waals surface area contributed by atoms with Gasteiger partial charge in [0.05, 0.1) is 10.6 Å². The highest BCUT2D eigenvalue weighted by Crippen LogP contribution is 2.21. The molecule has 1 aliphatic rings. The van der Waals surface area contributed by atoms with Crippen LogP contribution in [0.15, 0.2) is 34.3 Å². The molecule has 1 heterocycles. The van der Waals surface area contributed by atoms with Crippen molar-refractivity contribution in [1.29, 1.82) is 0 Å². The molecule has 9 heteroatoms. The van der Waals surface area contributed by atoms with Gasteiger partial charge in [0.25, 0.3) is 0 Å². The monoisotopic (exact) mass is 338 g/mol. The molecule has 3 N–H and O–H groups in total. The third-order valence-corrected chi connectivity index (χ3v) is 5.44. The number of hydrogen-bond acceptors (Lipinski definition) is 5. The van der Waals surface area contributed by atoms with Crippen LogP contribution in [0.25, 0.3) is 0 Å². The molecule has 0 aliphatic carbocycles. The Morgan fingerprint density at radius 3 is 2.26 bits per heavy atom. The van der Waals surface area contributed by atoms with Crippen molar-refractivity contribution in [3.8, 4) is 0 Å². The van der Waals surface area contributed by atoms with E-state index in [1.165, 1.54) is 16.4 Å². The van der Waals surface area contributed by atoms with Gasteiger partial charge in [-0.3, -0.25) is 9.59 Å². The van der Waals surface area contributed by atoms with E-state index in [1.54, 1.807) is 19.1 Å². The molecule has 1 saturated heterocycles. The van der Waals surface area contributed by atoms with Gasteiger partial charge in [-0.15, -0.1) is 0 Å². The summed E-state index contributed by atoms with van der Waals surface area (Å²) in [6.07, 6.45) is 1.76. The van der Waals surface area contributed by atoms with Gasteiger partial charge in [-0.2, -0.15) is 9.41 Å². The van der Waals surface area contributed by atoms with Crippen LogP contribution in [0.3, 0.4) is 0 Å². The smallest absolute Gasteiger partial charge is 0.329 e. The number of primary amides is 1. The summed E-state index contributed by atoms with van der Waals surface area (Å²) in [5, 5.41) is 3.74. The van der Waals surface area contributed by atoms with Gasteiger partial charge < -0.3 is 5.73 Å². The molecular weight excluding hydrogens is 320 g/mol. The van der Waals surface area contributed by atoms with Crippen LogP contribution in [0.5, 0.6) is 0 Å². The molecule has 0 bridgehead atoms. The summed E-state index contributed by atoms with van der Waals surface area (Å²) in [7, 11) is -3.46. The van der Waals surface area contributed by atoms with E-state index in [0.29, 0.717) is 24.4 Å². The largest absolute Gasteiger partial charge is 0.361 e. The van der Waals surface area contributed by atoms with Crippen molar-refractivity contribution in [2.45, 2.75) is 24.7 Å². The topological polar surface area (TPSA) is 122 Å². The third-order valence-electron chi connectivity index (χ3n) is 3.52. The van der Waals surface area contributed by atoms with Crippen LogP contribution in [-0.2, 0) is 19.6 Å². The highest BCUT2D eigenvalue weighted by Gasteiger charge is 2.26. The number of hydrogen-bond donors (Lipinski definition) is 2. The van der Waals surface area contributed by atoms with Crippen LogP contribution in [0.4, 0.5) is 0 Å². The molecule has 0 radical (unpaired) electrons. The van der Waals surface area contributed by atoms with Crippen molar-refractivity contribution < 1.29 is 18.0 Å². The van der Waals surface area contributed by atoms with Crippen molar-refractivity contribution in [1.82, 2.24) is 9.73 Å². The van der Waals surface area contributed by atoms with Crippen molar-refractivity contribution in [3.05, 3.63) is 29.8 Å². The molecule has 1 aromatic rings. The second-order valence-corrected chi connectivity index (χ2v) is 7.08. The first-order valence-electron chi connectivity index (χ1n) is 7.07. The Balaban J connectivity index is 2.14. The van der Waals surface area contributed by atoms with Crippen molar-refractivity contribution >= 4 is 27.5 Å². The Hall–Kier alpha value is -2.26. The molecule has 0 unspecified atom stereocenters. The maximum absolute atomic E-state index is 12.4. The molecule has 23 heavy (non-hydrogen) atoms. The van der Waals surface area contributed by atoms with Gasteiger partial charge in [-0.1, -0.05) is 12.1 Å². The van der Waals surface area contributed by atoms with E-state index < -0.39 is 21.8 Å². The molecule has 0 atom stereocenters. The highest BCUT2D eigenvalue weighted by molar-refractivity contribution is 7.89. The number of nitrogens with one attached hydrogen (secondary N) is 1. The number of nitrogens with two attached hydrogens (primary N) is 1. The fraction of sp³-hybridized carbons (Fsp3) is 0.357. The molecule has 1 aliphatic heterocycles. The highest BCUT2D eigenvalue weighted by atomic mass is 32.2. The lowest BCUT2D eigenvalue weighted by Gasteiger charge is -2.15. The lowest BCUT2D eigenvalue weighted by molar-refractivity contribution is -0.137. The second-order valence-electron chi connectivity index (χ2n) is 5.14. The summed E-state index contributed by atoms with van der Waals surface area (Å²) in [4.78, 5) is 21.9. The Morgan fingerprint density at radius 2 is 1.74 bits per heavy atom. The Labute approximate surface area is 134 Å². The number of benzene rings is 1. The third kappa shape index (κ3) is 3.93. The van der Waals surface area contributed by atoms with Crippen LogP contribution < -0.4 is 11.2 Å². The Bertz CT molecular complexity index is 735. The predicted octanol–water partition coefficient (Wildman–Crippen LogP) is -0.203. The normalized spacial score (nSPS) is 16.3. The van der Waals surface area contributed by atoms with Gasteiger partial charge in [-0.25, -0.2) is 13.8 Å². The Morgan fingerprint density at radius 1 is 1.17 bits per heavy atom. The first-order valence-corrected chi connectivity index (χ1v) is 8.51. The quantitative estimate of drug-likeness (QED) is 0.448. The Kier molecular flexibility index (Phi) is 5.12. The van der Waals surface area contributed by atoms with E-state index in [4.69, 9.17) is 5.73 Å². The zero-order valence-corrected chi connectivity index (χ0v) is 13.5. The number of hydrazone groups is 1. The molecule has 0 spiro atoms. The van der Waals surface area contributed by atoms with Crippen molar-refractivity contribution in [2.75, 3.05) is 13.1 Å². The zero-order valence-electron chi connectivity index (χ0n) is 12.7. The zero-order chi connectivity index (χ0) is 17.0. The van der Waals surface area contributed by atoms with E-state index >= 15 is 0 Å². The number of carbonyl (C=O) groups excluding carboxylic acids is 2. The average Bonchev–Trinajstić information content (AvgIpc) is 3.07. The van der Waals surface area contributed by atoms with Gasteiger partial charge in [0.15, 0.2) is 0 Å². The maximum Gasteiger partial charge on any atom is 0.329 e. The molecule has 0 aromatic heterocycles. The summed E-state index contributed by atoms with van der Waals surface area (Å²) in [5.74, 6) is -2.15. The number of sulfonamides is 1. The minimum absolute atomic E-state index is 0.220. The first-order chi connectivity index (χ1) is 10.8. The maximum atomic E-state index is 12.4. The fourth-order valence-corrected chi connectivity index (χ4v) is 3.72. The molecule has 8 nitrogen and oxygen atoms in total. The van der Waals surface area contributed by atoms with Crippen LogP contribution in [-0.4, -0.2) is 43.3 Å². The van der Waals surface area contributed by atoms with Crippen LogP contribution in [0.2, 0.25) is 0 Å². The predicted molar refractivity (Wildman–Crippen MR) is 84.0 cm³/mol. The molecule has 1 fully saturated rings. The molecule has 124 valence electrons. The van der Waals surface area contributed by atoms with Gasteiger partial charge in [0.2, 0.25) is 10.0 Å². The summed E-state index contributed by atoms with van der Waals surface area (Å²) in [6, 6.07) is 6.19. The van der Waals surface area contributed by atoms with Crippen molar-refractivity contribution in [3.63, 3.8) is 0 Å². The lowest BCUT2D eigenvalue weighted by Crippen LogP contribution is -2.33. The van der Waals surface area contributed by atoms with E-state index in [1.807, 2.05) is 5.43 Å². The summed E-state index contributed by atoms with van der Waals surface area (Å²) in [5.41, 5.74) is 7.86. The summed E-state index contributed by atoms with van der Waals surface area (Å²) < 4.78 is 26.3. The van der Waals surface area contributed by atoms with E-state index in [-0.39, 0.29) is 4.90 Å².